The Morgan fingerprint density at radius 3 is 2.47 bits per heavy atom. The number of likely N-dealkylation sites (tertiary alicyclic amines) is 1. The van der Waals surface area contributed by atoms with Crippen LogP contribution in [-0.4, -0.2) is 48.6 Å². The summed E-state index contributed by atoms with van der Waals surface area (Å²) < 4.78 is 11.5. The number of nitrogens with two attached hydrogens (primary N) is 1. The lowest BCUT2D eigenvalue weighted by Crippen LogP contribution is -2.46. The molecule has 0 unspecified atom stereocenters. The Kier molecular flexibility index (Phi) is 9.51. The van der Waals surface area contributed by atoms with Gasteiger partial charge in [-0.15, -0.1) is 0 Å². The highest BCUT2D eigenvalue weighted by Gasteiger charge is 2.42. The average Bonchev–Trinajstić information content (AvgIpc) is 2.76. The van der Waals surface area contributed by atoms with E-state index in [1.165, 1.54) is 18.0 Å². The SMILES string of the molecule is C=C(CN1CCC(CCc2ccccc2)(C(=O)OCC)CC1)/C(=N\C=C/N)OC(C)(C)C. The van der Waals surface area contributed by atoms with Crippen molar-refractivity contribution in [3.63, 3.8) is 0 Å². The van der Waals surface area contributed by atoms with Gasteiger partial charge in [-0.05, 0) is 72.0 Å². The van der Waals surface area contributed by atoms with Gasteiger partial charge in [-0.25, -0.2) is 4.99 Å². The summed E-state index contributed by atoms with van der Waals surface area (Å²) in [7, 11) is 0. The van der Waals surface area contributed by atoms with Crippen molar-refractivity contribution in [1.82, 2.24) is 4.90 Å². The maximum absolute atomic E-state index is 12.9. The van der Waals surface area contributed by atoms with Crippen LogP contribution in [0, 0.1) is 5.41 Å². The van der Waals surface area contributed by atoms with E-state index in [4.69, 9.17) is 15.2 Å². The van der Waals surface area contributed by atoms with Crippen molar-refractivity contribution in [3.05, 3.63) is 60.4 Å². The van der Waals surface area contributed by atoms with E-state index in [0.717, 1.165) is 44.3 Å². The van der Waals surface area contributed by atoms with Crippen LogP contribution in [0.1, 0.15) is 52.5 Å². The number of rotatable bonds is 9. The van der Waals surface area contributed by atoms with Crippen LogP contribution >= 0.6 is 0 Å². The number of piperidine rings is 1. The van der Waals surface area contributed by atoms with Gasteiger partial charge in [-0.2, -0.15) is 0 Å². The molecule has 176 valence electrons. The summed E-state index contributed by atoms with van der Waals surface area (Å²) in [5.74, 6) is 0.423. The maximum atomic E-state index is 12.9. The highest BCUT2D eigenvalue weighted by atomic mass is 16.5. The van der Waals surface area contributed by atoms with Crippen molar-refractivity contribution in [2.45, 2.75) is 59.0 Å². The molecule has 0 saturated carbocycles. The topological polar surface area (TPSA) is 77.2 Å². The lowest BCUT2D eigenvalue weighted by molar-refractivity contribution is -0.159. The standard InChI is InChI=1S/C26H39N3O3/c1-6-31-24(30)26(13-12-22-10-8-7-9-11-22)14-18-29(19-15-26)20-21(2)23(28-17-16-27)32-25(3,4)5/h7-11,16-17H,2,6,12-15,18-20,27H2,1,3-5H3/b17-16-,28-23+. The van der Waals surface area contributed by atoms with Gasteiger partial charge in [-0.1, -0.05) is 36.9 Å². The molecule has 1 aromatic carbocycles. The monoisotopic (exact) mass is 441 g/mol. The number of carbonyl (C=O) groups excluding carboxylic acids is 1. The molecule has 2 rings (SSSR count). The number of carbonyl (C=O) groups is 1. The molecule has 0 aromatic heterocycles. The van der Waals surface area contributed by atoms with Gasteiger partial charge in [0, 0.05) is 24.5 Å². The second-order valence-electron chi connectivity index (χ2n) is 9.36. The van der Waals surface area contributed by atoms with Crippen LogP contribution in [-0.2, 0) is 20.7 Å². The van der Waals surface area contributed by atoms with E-state index < -0.39 is 5.41 Å². The van der Waals surface area contributed by atoms with Gasteiger partial charge < -0.3 is 15.2 Å². The van der Waals surface area contributed by atoms with E-state index in [1.54, 1.807) is 0 Å². The van der Waals surface area contributed by atoms with E-state index in [-0.39, 0.29) is 11.6 Å². The van der Waals surface area contributed by atoms with Crippen LogP contribution in [0.2, 0.25) is 0 Å². The molecule has 1 saturated heterocycles. The third-order valence-corrected chi connectivity index (χ3v) is 5.65. The number of ether oxygens (including phenoxy) is 2. The Morgan fingerprint density at radius 1 is 1.25 bits per heavy atom. The lowest BCUT2D eigenvalue weighted by atomic mass is 9.74. The smallest absolute Gasteiger partial charge is 0.312 e. The van der Waals surface area contributed by atoms with Crippen LogP contribution in [0.25, 0.3) is 0 Å². The highest BCUT2D eigenvalue weighted by Crippen LogP contribution is 2.38. The van der Waals surface area contributed by atoms with Gasteiger partial charge in [0.2, 0.25) is 5.90 Å². The minimum Gasteiger partial charge on any atom is -0.472 e. The Balaban J connectivity index is 2.04. The zero-order valence-electron chi connectivity index (χ0n) is 20.1. The van der Waals surface area contributed by atoms with E-state index in [0.29, 0.717) is 19.0 Å². The molecule has 1 aromatic rings. The predicted molar refractivity (Wildman–Crippen MR) is 130 cm³/mol. The molecule has 1 heterocycles. The van der Waals surface area contributed by atoms with Crippen LogP contribution in [0.3, 0.4) is 0 Å². The molecule has 1 aliphatic heterocycles. The van der Waals surface area contributed by atoms with Crippen LogP contribution in [0.5, 0.6) is 0 Å². The van der Waals surface area contributed by atoms with Gasteiger partial charge >= 0.3 is 5.97 Å². The summed E-state index contributed by atoms with van der Waals surface area (Å²) in [5, 5.41) is 0. The molecule has 1 fully saturated rings. The highest BCUT2D eigenvalue weighted by molar-refractivity contribution is 5.94. The summed E-state index contributed by atoms with van der Waals surface area (Å²) in [6, 6.07) is 10.3. The number of aryl methyl sites for hydroxylation is 1. The first-order chi connectivity index (χ1) is 15.2. The van der Waals surface area contributed by atoms with Gasteiger partial charge in [0.05, 0.1) is 12.0 Å². The molecular formula is C26H39N3O3. The average molecular weight is 442 g/mol. The van der Waals surface area contributed by atoms with Gasteiger partial charge in [0.15, 0.2) is 0 Å². The summed E-state index contributed by atoms with van der Waals surface area (Å²) in [6.07, 6.45) is 6.08. The third-order valence-electron chi connectivity index (χ3n) is 5.65. The summed E-state index contributed by atoms with van der Waals surface area (Å²) in [4.78, 5) is 19.6. The van der Waals surface area contributed by atoms with Crippen molar-refractivity contribution in [3.8, 4) is 0 Å². The quantitative estimate of drug-likeness (QED) is 0.348. The van der Waals surface area contributed by atoms with Crippen LogP contribution in [0.4, 0.5) is 0 Å². The Morgan fingerprint density at radius 2 is 1.91 bits per heavy atom. The van der Waals surface area contributed by atoms with Crippen molar-refractivity contribution in [2.75, 3.05) is 26.2 Å². The molecule has 0 spiro atoms. The molecule has 1 aliphatic rings. The molecule has 2 N–H and O–H groups in total. The van der Waals surface area contributed by atoms with E-state index in [9.17, 15) is 4.79 Å². The predicted octanol–water partition coefficient (Wildman–Crippen LogP) is 4.46. The van der Waals surface area contributed by atoms with Gasteiger partial charge in [0.1, 0.15) is 5.60 Å². The van der Waals surface area contributed by atoms with Crippen LogP contribution < -0.4 is 5.73 Å². The van der Waals surface area contributed by atoms with Crippen LogP contribution in [0.15, 0.2) is 59.9 Å². The number of aliphatic imine (C=N–C) groups is 1. The minimum absolute atomic E-state index is 0.0687. The molecule has 0 radical (unpaired) electrons. The largest absolute Gasteiger partial charge is 0.472 e. The fourth-order valence-corrected chi connectivity index (χ4v) is 3.94. The van der Waals surface area contributed by atoms with Gasteiger partial charge in [0.25, 0.3) is 0 Å². The second kappa shape index (κ2) is 11.9. The summed E-state index contributed by atoms with van der Waals surface area (Å²) in [6.45, 7) is 14.6. The molecule has 6 heteroatoms. The van der Waals surface area contributed by atoms with E-state index in [1.807, 2.05) is 45.9 Å². The number of hydrogen-bond acceptors (Lipinski definition) is 6. The van der Waals surface area contributed by atoms with Crippen molar-refractivity contribution >= 4 is 11.9 Å². The molecule has 32 heavy (non-hydrogen) atoms. The van der Waals surface area contributed by atoms with Gasteiger partial charge in [-0.3, -0.25) is 9.69 Å². The first-order valence-electron chi connectivity index (χ1n) is 11.4. The zero-order valence-corrected chi connectivity index (χ0v) is 20.1. The fraction of sp³-hybridized carbons (Fsp3) is 0.538. The molecule has 0 amide bonds. The Bertz CT molecular complexity index is 801. The number of benzene rings is 1. The third kappa shape index (κ3) is 7.83. The molecule has 6 nitrogen and oxygen atoms in total. The maximum Gasteiger partial charge on any atom is 0.312 e. The number of esters is 1. The summed E-state index contributed by atoms with van der Waals surface area (Å²) in [5.41, 5.74) is 6.67. The first-order valence-corrected chi connectivity index (χ1v) is 11.4. The lowest BCUT2D eigenvalue weighted by Gasteiger charge is -2.40. The minimum atomic E-state index is -0.440. The first kappa shape index (κ1) is 25.7. The van der Waals surface area contributed by atoms with Crippen molar-refractivity contribution in [2.24, 2.45) is 16.1 Å². The normalized spacial score (nSPS) is 17.3. The number of nitrogens with zero attached hydrogens (tertiary/aromatic N) is 2. The van der Waals surface area contributed by atoms with Crippen molar-refractivity contribution in [1.29, 1.82) is 0 Å². The Labute approximate surface area is 193 Å². The summed E-state index contributed by atoms with van der Waals surface area (Å²) >= 11 is 0. The van der Waals surface area contributed by atoms with E-state index in [2.05, 4.69) is 28.6 Å². The fourth-order valence-electron chi connectivity index (χ4n) is 3.94. The second-order valence-corrected chi connectivity index (χ2v) is 9.36. The van der Waals surface area contributed by atoms with Crippen molar-refractivity contribution < 1.29 is 14.3 Å². The molecular weight excluding hydrogens is 402 g/mol. The number of hydrogen-bond donors (Lipinski definition) is 1. The zero-order chi connectivity index (χ0) is 23.6. The Hall–Kier alpha value is -2.60. The molecule has 0 atom stereocenters. The van der Waals surface area contributed by atoms with E-state index >= 15 is 0 Å². The molecule has 0 aliphatic carbocycles. The molecule has 0 bridgehead atoms.